The van der Waals surface area contributed by atoms with Crippen LogP contribution in [0.4, 0.5) is 0 Å². The fourth-order valence-corrected chi connectivity index (χ4v) is 1.37. The molecule has 0 unspecified atom stereocenters. The van der Waals surface area contributed by atoms with Crippen LogP contribution in [0.15, 0.2) is 48.1 Å². The van der Waals surface area contributed by atoms with E-state index >= 15 is 0 Å². The van der Waals surface area contributed by atoms with Gasteiger partial charge in [0.1, 0.15) is 0 Å². The van der Waals surface area contributed by atoms with Crippen LogP contribution in [0, 0.1) is 0 Å². The van der Waals surface area contributed by atoms with Crippen LogP contribution in [-0.2, 0) is 4.79 Å². The number of carbonyl (C=O) groups is 1. The van der Waals surface area contributed by atoms with E-state index in [4.69, 9.17) is 5.11 Å². The van der Waals surface area contributed by atoms with Crippen LogP contribution >= 0.6 is 0 Å². The Labute approximate surface area is 95.9 Å². The Bertz CT molecular complexity index is 388. The number of hydrogen-bond donors (Lipinski definition) is 1. The molecule has 84 valence electrons. The van der Waals surface area contributed by atoms with Gasteiger partial charge in [0, 0.05) is 5.57 Å². The number of hydrogen-bond acceptors (Lipinski definition) is 1. The van der Waals surface area contributed by atoms with Gasteiger partial charge < -0.3 is 5.11 Å². The maximum absolute atomic E-state index is 10.8. The molecule has 1 aromatic carbocycles. The molecular formula is C14H16O2. The second kappa shape index (κ2) is 6.62. The highest BCUT2D eigenvalue weighted by molar-refractivity contribution is 5.87. The van der Waals surface area contributed by atoms with Crippen molar-refractivity contribution in [3.8, 4) is 0 Å². The summed E-state index contributed by atoms with van der Waals surface area (Å²) < 4.78 is 0. The number of allylic oxidation sites excluding steroid dienone is 2. The number of benzene rings is 1. The fourth-order valence-electron chi connectivity index (χ4n) is 1.37. The molecule has 0 amide bonds. The maximum Gasteiger partial charge on any atom is 0.331 e. The molecule has 1 rings (SSSR count). The highest BCUT2D eigenvalue weighted by Gasteiger charge is 2.03. The Balaban J connectivity index is 2.70. The zero-order chi connectivity index (χ0) is 11.8. The molecule has 0 spiro atoms. The minimum atomic E-state index is -0.834. The molecule has 0 heterocycles. The number of aliphatic carboxylic acids is 1. The van der Waals surface area contributed by atoms with Crippen molar-refractivity contribution >= 4 is 12.0 Å². The molecule has 1 N–H and O–H groups in total. The topological polar surface area (TPSA) is 37.3 Å². The van der Waals surface area contributed by atoms with Crippen LogP contribution in [0.25, 0.3) is 6.08 Å². The van der Waals surface area contributed by atoms with Gasteiger partial charge in [0.2, 0.25) is 0 Å². The first-order valence-electron chi connectivity index (χ1n) is 5.39. The number of rotatable bonds is 5. The normalized spacial score (nSPS) is 11.9. The van der Waals surface area contributed by atoms with Crippen LogP contribution in [0.3, 0.4) is 0 Å². The number of carboxylic acid groups (broad SMARTS) is 1. The van der Waals surface area contributed by atoms with Crippen molar-refractivity contribution in [2.45, 2.75) is 19.8 Å². The zero-order valence-corrected chi connectivity index (χ0v) is 9.39. The first-order valence-corrected chi connectivity index (χ1v) is 5.39. The van der Waals surface area contributed by atoms with Gasteiger partial charge in [0.15, 0.2) is 0 Å². The molecule has 1 aromatic rings. The third kappa shape index (κ3) is 4.13. The first-order chi connectivity index (χ1) is 7.74. The molecule has 16 heavy (non-hydrogen) atoms. The van der Waals surface area contributed by atoms with Gasteiger partial charge in [-0.05, 0) is 12.0 Å². The van der Waals surface area contributed by atoms with Gasteiger partial charge in [-0.15, -0.1) is 0 Å². The van der Waals surface area contributed by atoms with Crippen LogP contribution in [0.5, 0.6) is 0 Å². The highest BCUT2D eigenvalue weighted by Crippen LogP contribution is 2.07. The first kappa shape index (κ1) is 12.2. The molecule has 2 heteroatoms. The monoisotopic (exact) mass is 216 g/mol. The van der Waals surface area contributed by atoms with Crippen molar-refractivity contribution in [2.24, 2.45) is 0 Å². The summed E-state index contributed by atoms with van der Waals surface area (Å²) in [5, 5.41) is 8.90. The quantitative estimate of drug-likeness (QED) is 0.604. The molecule has 0 saturated heterocycles. The van der Waals surface area contributed by atoms with E-state index in [0.29, 0.717) is 12.0 Å². The molecule has 0 aliphatic heterocycles. The van der Waals surface area contributed by atoms with E-state index in [1.807, 2.05) is 43.3 Å². The van der Waals surface area contributed by atoms with E-state index in [2.05, 4.69) is 0 Å². The smallest absolute Gasteiger partial charge is 0.331 e. The minimum Gasteiger partial charge on any atom is -0.478 e. The second-order valence-corrected chi connectivity index (χ2v) is 3.52. The van der Waals surface area contributed by atoms with Gasteiger partial charge in [-0.3, -0.25) is 0 Å². The molecule has 0 aliphatic carbocycles. The molecule has 2 nitrogen and oxygen atoms in total. The third-order valence-corrected chi connectivity index (χ3v) is 2.18. The van der Waals surface area contributed by atoms with E-state index in [0.717, 1.165) is 12.0 Å². The average molecular weight is 216 g/mol. The van der Waals surface area contributed by atoms with Crippen molar-refractivity contribution in [1.82, 2.24) is 0 Å². The van der Waals surface area contributed by atoms with Gasteiger partial charge in [0.25, 0.3) is 0 Å². The van der Waals surface area contributed by atoms with E-state index in [-0.39, 0.29) is 0 Å². The molecule has 0 aliphatic rings. The van der Waals surface area contributed by atoms with Crippen LogP contribution in [0.2, 0.25) is 0 Å². The summed E-state index contributed by atoms with van der Waals surface area (Å²) >= 11 is 0. The lowest BCUT2D eigenvalue weighted by atomic mass is 10.1. The van der Waals surface area contributed by atoms with Crippen molar-refractivity contribution in [1.29, 1.82) is 0 Å². The Morgan fingerprint density at radius 3 is 2.56 bits per heavy atom. The van der Waals surface area contributed by atoms with Gasteiger partial charge in [0.05, 0.1) is 0 Å². The Hall–Kier alpha value is -1.83. The lowest BCUT2D eigenvalue weighted by molar-refractivity contribution is -0.132. The van der Waals surface area contributed by atoms with Crippen molar-refractivity contribution in [3.63, 3.8) is 0 Å². The van der Waals surface area contributed by atoms with E-state index in [1.54, 1.807) is 12.2 Å². The van der Waals surface area contributed by atoms with E-state index < -0.39 is 5.97 Å². The van der Waals surface area contributed by atoms with Crippen molar-refractivity contribution in [3.05, 3.63) is 53.6 Å². The lowest BCUT2D eigenvalue weighted by Crippen LogP contribution is -1.99. The third-order valence-electron chi connectivity index (χ3n) is 2.18. The van der Waals surface area contributed by atoms with Gasteiger partial charge in [-0.2, -0.15) is 0 Å². The summed E-state index contributed by atoms with van der Waals surface area (Å²) in [5.74, 6) is -0.834. The fraction of sp³-hybridized carbons (Fsp3) is 0.214. The standard InChI is InChI=1S/C14H16O2/c1-2-7-13(14(15)16)11-6-10-12-8-4-3-5-9-12/h3-6,8-11H,2,7H2,1H3,(H,15,16). The van der Waals surface area contributed by atoms with Gasteiger partial charge >= 0.3 is 5.97 Å². The Morgan fingerprint density at radius 1 is 1.31 bits per heavy atom. The summed E-state index contributed by atoms with van der Waals surface area (Å²) in [4.78, 5) is 10.8. The van der Waals surface area contributed by atoms with Crippen molar-refractivity contribution < 1.29 is 9.90 Å². The second-order valence-electron chi connectivity index (χ2n) is 3.52. The van der Waals surface area contributed by atoms with E-state index in [9.17, 15) is 4.79 Å². The van der Waals surface area contributed by atoms with E-state index in [1.165, 1.54) is 0 Å². The molecule has 0 radical (unpaired) electrons. The Morgan fingerprint density at radius 2 is 2.00 bits per heavy atom. The largest absolute Gasteiger partial charge is 0.478 e. The van der Waals surface area contributed by atoms with Gasteiger partial charge in [-0.1, -0.05) is 61.9 Å². The molecule has 0 fully saturated rings. The molecule has 0 aromatic heterocycles. The summed E-state index contributed by atoms with van der Waals surface area (Å²) in [6.45, 7) is 1.97. The van der Waals surface area contributed by atoms with Crippen LogP contribution < -0.4 is 0 Å². The summed E-state index contributed by atoms with van der Waals surface area (Å²) in [5.41, 5.74) is 1.52. The summed E-state index contributed by atoms with van der Waals surface area (Å²) in [7, 11) is 0. The SMILES string of the molecule is CCCC(=CC=Cc1ccccc1)C(=O)O. The minimum absolute atomic E-state index is 0.453. The molecule has 0 saturated carbocycles. The Kier molecular flexibility index (Phi) is 5.06. The molecular weight excluding hydrogens is 200 g/mol. The zero-order valence-electron chi connectivity index (χ0n) is 9.39. The van der Waals surface area contributed by atoms with Crippen LogP contribution in [-0.4, -0.2) is 11.1 Å². The summed E-state index contributed by atoms with van der Waals surface area (Å²) in [6.07, 6.45) is 6.80. The molecule has 0 bridgehead atoms. The number of carboxylic acids is 1. The van der Waals surface area contributed by atoms with Gasteiger partial charge in [-0.25, -0.2) is 4.79 Å². The highest BCUT2D eigenvalue weighted by atomic mass is 16.4. The lowest BCUT2D eigenvalue weighted by Gasteiger charge is -1.96. The predicted octanol–water partition coefficient (Wildman–Crippen LogP) is 3.51. The summed E-state index contributed by atoms with van der Waals surface area (Å²) in [6, 6.07) is 9.81. The predicted molar refractivity (Wildman–Crippen MR) is 66.1 cm³/mol. The average Bonchev–Trinajstić information content (AvgIpc) is 2.29. The maximum atomic E-state index is 10.8. The van der Waals surface area contributed by atoms with Crippen molar-refractivity contribution in [2.75, 3.05) is 0 Å². The molecule has 0 atom stereocenters. The van der Waals surface area contributed by atoms with Crippen LogP contribution in [0.1, 0.15) is 25.3 Å².